The lowest BCUT2D eigenvalue weighted by molar-refractivity contribution is 0.0985. The van der Waals surface area contributed by atoms with Crippen molar-refractivity contribution in [1.82, 2.24) is 0 Å². The van der Waals surface area contributed by atoms with Gasteiger partial charge < -0.3 is 22.3 Å². The van der Waals surface area contributed by atoms with Crippen molar-refractivity contribution in [2.45, 2.75) is 0 Å². The summed E-state index contributed by atoms with van der Waals surface area (Å²) in [6.45, 7) is 0. The minimum absolute atomic E-state index is 0.00449. The van der Waals surface area contributed by atoms with Gasteiger partial charge in [0.2, 0.25) is 5.91 Å². The molecule has 0 saturated heterocycles. The van der Waals surface area contributed by atoms with E-state index >= 15 is 0 Å². The van der Waals surface area contributed by atoms with E-state index in [0.717, 1.165) is 6.07 Å². The Hall–Kier alpha value is -4.00. The molecule has 7 N–H and O–H groups in total. The number of carbonyl (C=O) groups is 2. The van der Waals surface area contributed by atoms with Crippen LogP contribution in [-0.4, -0.2) is 16.9 Å². The molecule has 0 saturated carbocycles. The number of benzene rings is 3. The summed E-state index contributed by atoms with van der Waals surface area (Å²) in [6.07, 6.45) is 0. The number of nitrogens with zero attached hydrogens (tertiary/aromatic N) is 1. The number of nitrogens with two attached hydrogens (primary N) is 3. The fourth-order valence-electron chi connectivity index (χ4n) is 2.70. The maximum Gasteiger partial charge on any atom is 0.266 e. The Morgan fingerprint density at radius 1 is 0.815 bits per heavy atom. The summed E-state index contributed by atoms with van der Waals surface area (Å²) in [5.74, 6) is -1.57. The van der Waals surface area contributed by atoms with Crippen LogP contribution in [0.5, 0.6) is 5.75 Å². The van der Waals surface area contributed by atoms with E-state index in [2.05, 4.69) is 0 Å². The van der Waals surface area contributed by atoms with E-state index in [4.69, 9.17) is 17.2 Å². The number of hydrogen-bond donors (Lipinski definition) is 4. The largest absolute Gasteiger partial charge is 0.507 e. The highest BCUT2D eigenvalue weighted by Crippen LogP contribution is 2.32. The summed E-state index contributed by atoms with van der Waals surface area (Å²) in [7, 11) is 0. The van der Waals surface area contributed by atoms with Crippen molar-refractivity contribution in [3.8, 4) is 5.75 Å². The van der Waals surface area contributed by atoms with E-state index in [-0.39, 0.29) is 16.9 Å². The summed E-state index contributed by atoms with van der Waals surface area (Å²) >= 11 is 0. The summed E-state index contributed by atoms with van der Waals surface area (Å²) in [4.78, 5) is 25.9. The molecule has 3 aromatic rings. The van der Waals surface area contributed by atoms with Crippen LogP contribution >= 0.6 is 0 Å². The van der Waals surface area contributed by atoms with Crippen LogP contribution in [-0.2, 0) is 0 Å². The van der Waals surface area contributed by atoms with Crippen LogP contribution in [0.4, 0.5) is 22.7 Å². The molecule has 0 aromatic heterocycles. The average molecular weight is 362 g/mol. The molecule has 0 aliphatic carbocycles. The fourth-order valence-corrected chi connectivity index (χ4v) is 2.70. The molecule has 0 bridgehead atoms. The van der Waals surface area contributed by atoms with Crippen LogP contribution in [0.2, 0.25) is 0 Å². The molecule has 136 valence electrons. The second-order valence-corrected chi connectivity index (χ2v) is 5.93. The van der Waals surface area contributed by atoms with Gasteiger partial charge in [0.15, 0.2) is 0 Å². The molecule has 0 aliphatic heterocycles. The Balaban J connectivity index is 2.13. The summed E-state index contributed by atoms with van der Waals surface area (Å²) in [6, 6.07) is 17.4. The number of amides is 2. The first-order chi connectivity index (χ1) is 12.9. The molecule has 0 radical (unpaired) electrons. The van der Waals surface area contributed by atoms with E-state index in [1.165, 1.54) is 17.0 Å². The zero-order valence-corrected chi connectivity index (χ0v) is 14.3. The van der Waals surface area contributed by atoms with Gasteiger partial charge in [-0.15, -0.1) is 0 Å². The van der Waals surface area contributed by atoms with E-state index < -0.39 is 11.8 Å². The fraction of sp³-hybridized carbons (Fsp3) is 0. The van der Waals surface area contributed by atoms with Crippen molar-refractivity contribution in [2.75, 3.05) is 16.4 Å². The standard InChI is InChI=1S/C20H18N4O3/c21-13-3-1-5-15(10-13)24(16-6-2-4-14(22)11-16)20(27)17-8-7-12(19(23)26)9-18(17)25/h1-11,25H,21-22H2,(H2,23,26). The highest BCUT2D eigenvalue weighted by molar-refractivity contribution is 6.13. The minimum Gasteiger partial charge on any atom is -0.507 e. The van der Waals surface area contributed by atoms with Gasteiger partial charge in [0.25, 0.3) is 5.91 Å². The summed E-state index contributed by atoms with van der Waals surface area (Å²) in [5.41, 5.74) is 19.0. The van der Waals surface area contributed by atoms with Crippen LogP contribution in [0.15, 0.2) is 66.7 Å². The Bertz CT molecular complexity index is 988. The second-order valence-electron chi connectivity index (χ2n) is 5.93. The van der Waals surface area contributed by atoms with Crippen molar-refractivity contribution in [1.29, 1.82) is 0 Å². The predicted octanol–water partition coefficient (Wildman–Crippen LogP) is 2.63. The van der Waals surface area contributed by atoms with Crippen LogP contribution < -0.4 is 22.1 Å². The number of phenolic OH excluding ortho intramolecular Hbond substituents is 1. The van der Waals surface area contributed by atoms with E-state index in [1.807, 2.05) is 0 Å². The van der Waals surface area contributed by atoms with Gasteiger partial charge in [0.05, 0.1) is 16.9 Å². The van der Waals surface area contributed by atoms with Crippen molar-refractivity contribution in [3.63, 3.8) is 0 Å². The first kappa shape index (κ1) is 17.8. The number of carbonyl (C=O) groups excluding carboxylic acids is 2. The monoisotopic (exact) mass is 362 g/mol. The van der Waals surface area contributed by atoms with E-state index in [0.29, 0.717) is 22.7 Å². The quantitative estimate of drug-likeness (QED) is 0.529. The first-order valence-electron chi connectivity index (χ1n) is 8.05. The number of aromatic hydroxyl groups is 1. The number of rotatable bonds is 4. The minimum atomic E-state index is -0.701. The number of nitrogen functional groups attached to an aromatic ring is 2. The number of hydrogen-bond acceptors (Lipinski definition) is 5. The van der Waals surface area contributed by atoms with Gasteiger partial charge in [0.1, 0.15) is 5.75 Å². The van der Waals surface area contributed by atoms with Crippen molar-refractivity contribution in [2.24, 2.45) is 5.73 Å². The Kier molecular flexibility index (Phi) is 4.68. The molecule has 2 amide bonds. The van der Waals surface area contributed by atoms with Crippen LogP contribution in [0.3, 0.4) is 0 Å². The Morgan fingerprint density at radius 2 is 1.37 bits per heavy atom. The molecular formula is C20H18N4O3. The van der Waals surface area contributed by atoms with E-state index in [1.54, 1.807) is 48.5 Å². The Labute approximate surface area is 155 Å². The van der Waals surface area contributed by atoms with Gasteiger partial charge in [0, 0.05) is 16.9 Å². The van der Waals surface area contributed by atoms with E-state index in [9.17, 15) is 14.7 Å². The van der Waals surface area contributed by atoms with Gasteiger partial charge in [-0.25, -0.2) is 0 Å². The molecule has 0 heterocycles. The highest BCUT2D eigenvalue weighted by atomic mass is 16.3. The lowest BCUT2D eigenvalue weighted by Crippen LogP contribution is -2.26. The topological polar surface area (TPSA) is 136 Å². The van der Waals surface area contributed by atoms with Crippen molar-refractivity contribution >= 4 is 34.6 Å². The third kappa shape index (κ3) is 3.67. The maximum atomic E-state index is 13.2. The summed E-state index contributed by atoms with van der Waals surface area (Å²) in [5, 5.41) is 10.3. The molecule has 3 aromatic carbocycles. The first-order valence-corrected chi connectivity index (χ1v) is 8.05. The molecule has 3 rings (SSSR count). The third-order valence-corrected chi connectivity index (χ3v) is 3.97. The van der Waals surface area contributed by atoms with Gasteiger partial charge in [-0.05, 0) is 54.6 Å². The number of primary amides is 1. The molecule has 27 heavy (non-hydrogen) atoms. The van der Waals surface area contributed by atoms with Gasteiger partial charge in [-0.1, -0.05) is 12.1 Å². The maximum absolute atomic E-state index is 13.2. The molecule has 7 heteroatoms. The normalized spacial score (nSPS) is 10.4. The molecule has 0 fully saturated rings. The van der Waals surface area contributed by atoms with Crippen LogP contribution in [0.25, 0.3) is 0 Å². The van der Waals surface area contributed by atoms with Gasteiger partial charge in [-0.2, -0.15) is 0 Å². The van der Waals surface area contributed by atoms with Gasteiger partial charge in [-0.3, -0.25) is 14.5 Å². The molecule has 0 atom stereocenters. The zero-order valence-electron chi connectivity index (χ0n) is 14.3. The lowest BCUT2D eigenvalue weighted by Gasteiger charge is -2.24. The number of anilines is 4. The highest BCUT2D eigenvalue weighted by Gasteiger charge is 2.23. The predicted molar refractivity (Wildman–Crippen MR) is 105 cm³/mol. The molecular weight excluding hydrogens is 344 g/mol. The Morgan fingerprint density at radius 3 is 1.81 bits per heavy atom. The van der Waals surface area contributed by atoms with Crippen LogP contribution in [0, 0.1) is 0 Å². The zero-order chi connectivity index (χ0) is 19.6. The average Bonchev–Trinajstić information content (AvgIpc) is 2.62. The smallest absolute Gasteiger partial charge is 0.266 e. The van der Waals surface area contributed by atoms with Gasteiger partial charge >= 0.3 is 0 Å². The lowest BCUT2D eigenvalue weighted by atomic mass is 10.1. The van der Waals surface area contributed by atoms with Crippen molar-refractivity contribution in [3.05, 3.63) is 77.9 Å². The van der Waals surface area contributed by atoms with Crippen LogP contribution in [0.1, 0.15) is 20.7 Å². The number of phenols is 1. The SMILES string of the molecule is NC(=O)c1ccc(C(=O)N(c2cccc(N)c2)c2cccc(N)c2)c(O)c1. The second kappa shape index (κ2) is 7.09. The molecule has 0 unspecified atom stereocenters. The molecule has 0 aliphatic rings. The van der Waals surface area contributed by atoms with Crippen molar-refractivity contribution < 1.29 is 14.7 Å². The molecule has 7 nitrogen and oxygen atoms in total. The third-order valence-electron chi connectivity index (χ3n) is 3.97. The molecule has 0 spiro atoms. The summed E-state index contributed by atoms with van der Waals surface area (Å²) < 4.78 is 0.